The molecule has 0 saturated heterocycles. The Morgan fingerprint density at radius 3 is 1.31 bits per heavy atom. The summed E-state index contributed by atoms with van der Waals surface area (Å²) in [6.07, 6.45) is 48.8. The van der Waals surface area contributed by atoms with Gasteiger partial charge in [0.2, 0.25) is 5.91 Å². The van der Waals surface area contributed by atoms with E-state index in [9.17, 15) is 19.8 Å². The first-order valence-electron chi connectivity index (χ1n) is 23.9. The molecule has 0 aliphatic heterocycles. The minimum absolute atomic E-state index is 0.0269. The van der Waals surface area contributed by atoms with Gasteiger partial charge in [-0.3, -0.25) is 9.59 Å². The largest absolute Gasteiger partial charge is 0.466 e. The SMILES string of the molecule is CCCCCCCC/C=C\CCCCCCCC(=O)OCCCCCCCCCCCCC(=O)NC(CO)C(O)CCCCCCCCCCCCCC. The van der Waals surface area contributed by atoms with Gasteiger partial charge in [0, 0.05) is 12.8 Å². The van der Waals surface area contributed by atoms with Gasteiger partial charge in [-0.15, -0.1) is 0 Å². The van der Waals surface area contributed by atoms with Crippen LogP contribution < -0.4 is 5.32 Å². The second kappa shape index (κ2) is 44.3. The average molecular weight is 764 g/mol. The van der Waals surface area contributed by atoms with E-state index in [1.165, 1.54) is 167 Å². The molecule has 3 N–H and O–H groups in total. The second-order valence-electron chi connectivity index (χ2n) is 16.4. The lowest BCUT2D eigenvalue weighted by Gasteiger charge is -2.22. The monoisotopic (exact) mass is 764 g/mol. The summed E-state index contributed by atoms with van der Waals surface area (Å²) in [4.78, 5) is 24.4. The number of aliphatic hydroxyl groups is 2. The molecule has 2 unspecified atom stereocenters. The number of aliphatic hydroxyl groups excluding tert-OH is 2. The van der Waals surface area contributed by atoms with Crippen LogP contribution in [0.15, 0.2) is 12.2 Å². The number of hydrogen-bond acceptors (Lipinski definition) is 5. The van der Waals surface area contributed by atoms with E-state index in [0.29, 0.717) is 25.9 Å². The molecule has 1 amide bonds. The summed E-state index contributed by atoms with van der Waals surface area (Å²) in [7, 11) is 0. The lowest BCUT2D eigenvalue weighted by molar-refractivity contribution is -0.143. The van der Waals surface area contributed by atoms with Crippen molar-refractivity contribution in [3.8, 4) is 0 Å². The maximum Gasteiger partial charge on any atom is 0.305 e. The van der Waals surface area contributed by atoms with Crippen molar-refractivity contribution in [3.05, 3.63) is 12.2 Å². The highest BCUT2D eigenvalue weighted by atomic mass is 16.5. The summed E-state index contributed by atoms with van der Waals surface area (Å²) >= 11 is 0. The predicted octanol–water partition coefficient (Wildman–Crippen LogP) is 13.8. The molecule has 6 nitrogen and oxygen atoms in total. The number of ether oxygens (including phenoxy) is 1. The Kier molecular flexibility index (Phi) is 43.2. The summed E-state index contributed by atoms with van der Waals surface area (Å²) in [5, 5.41) is 23.1. The number of carbonyl (C=O) groups is 2. The average Bonchev–Trinajstić information content (AvgIpc) is 3.17. The third-order valence-corrected chi connectivity index (χ3v) is 11.1. The normalized spacial score (nSPS) is 12.7. The standard InChI is InChI=1S/C48H93NO5/c1-3-5-7-9-11-13-15-17-18-19-21-26-30-34-38-42-48(53)54-43-39-35-31-27-23-22-25-29-33-37-41-47(52)49-45(44-50)46(51)40-36-32-28-24-20-16-14-12-10-8-6-4-2/h17-18,45-46,50-51H,3-16,19-44H2,1-2H3,(H,49,52)/b18-17-. The van der Waals surface area contributed by atoms with Crippen molar-refractivity contribution >= 4 is 11.9 Å². The number of allylic oxidation sites excluding steroid dienone is 2. The van der Waals surface area contributed by atoms with Crippen LogP contribution in [-0.2, 0) is 14.3 Å². The van der Waals surface area contributed by atoms with E-state index in [4.69, 9.17) is 4.74 Å². The maximum atomic E-state index is 12.4. The molecular formula is C48H93NO5. The third-order valence-electron chi connectivity index (χ3n) is 11.1. The number of amides is 1. The Morgan fingerprint density at radius 2 is 0.870 bits per heavy atom. The fourth-order valence-electron chi connectivity index (χ4n) is 7.34. The van der Waals surface area contributed by atoms with E-state index in [1.54, 1.807) is 0 Å². The molecule has 0 bridgehead atoms. The summed E-state index contributed by atoms with van der Waals surface area (Å²) in [6.45, 7) is 4.88. The molecule has 54 heavy (non-hydrogen) atoms. The summed E-state index contributed by atoms with van der Waals surface area (Å²) in [5.74, 6) is -0.0857. The molecule has 0 aliphatic carbocycles. The van der Waals surface area contributed by atoms with Crippen molar-refractivity contribution in [2.24, 2.45) is 0 Å². The molecule has 0 radical (unpaired) electrons. The van der Waals surface area contributed by atoms with Crippen LogP contribution in [-0.4, -0.2) is 47.4 Å². The molecule has 0 heterocycles. The zero-order chi connectivity index (χ0) is 39.4. The zero-order valence-electron chi connectivity index (χ0n) is 36.2. The van der Waals surface area contributed by atoms with E-state index < -0.39 is 12.1 Å². The van der Waals surface area contributed by atoms with Crippen LogP contribution in [0.2, 0.25) is 0 Å². The van der Waals surface area contributed by atoms with E-state index in [2.05, 4.69) is 31.3 Å². The van der Waals surface area contributed by atoms with Crippen molar-refractivity contribution in [2.45, 2.75) is 270 Å². The van der Waals surface area contributed by atoms with Crippen LogP contribution in [0.25, 0.3) is 0 Å². The molecule has 0 aromatic heterocycles. The summed E-state index contributed by atoms with van der Waals surface area (Å²) in [5.41, 5.74) is 0. The quantitative estimate of drug-likeness (QED) is 0.0326. The van der Waals surface area contributed by atoms with Gasteiger partial charge in [0.05, 0.1) is 25.4 Å². The van der Waals surface area contributed by atoms with Crippen molar-refractivity contribution in [1.29, 1.82) is 0 Å². The van der Waals surface area contributed by atoms with E-state index >= 15 is 0 Å². The number of unbranched alkanes of at least 4 members (excludes halogenated alkanes) is 31. The fourth-order valence-corrected chi connectivity index (χ4v) is 7.34. The number of hydrogen-bond donors (Lipinski definition) is 3. The molecule has 0 rings (SSSR count). The number of nitrogens with one attached hydrogen (secondary N) is 1. The smallest absolute Gasteiger partial charge is 0.305 e. The Balaban J connectivity index is 3.48. The Labute approximate surface area is 336 Å². The summed E-state index contributed by atoms with van der Waals surface area (Å²) in [6, 6.07) is -0.556. The topological polar surface area (TPSA) is 95.9 Å². The fraction of sp³-hybridized carbons (Fsp3) is 0.917. The highest BCUT2D eigenvalue weighted by molar-refractivity contribution is 5.76. The summed E-state index contributed by atoms with van der Waals surface area (Å²) < 4.78 is 5.44. The van der Waals surface area contributed by atoms with Crippen LogP contribution in [0.1, 0.15) is 258 Å². The molecule has 0 aromatic carbocycles. The minimum Gasteiger partial charge on any atom is -0.466 e. The van der Waals surface area contributed by atoms with Crippen molar-refractivity contribution in [3.63, 3.8) is 0 Å². The van der Waals surface area contributed by atoms with Gasteiger partial charge in [-0.2, -0.15) is 0 Å². The lowest BCUT2D eigenvalue weighted by Crippen LogP contribution is -2.45. The van der Waals surface area contributed by atoms with Gasteiger partial charge >= 0.3 is 5.97 Å². The Bertz CT molecular complexity index is 802. The predicted molar refractivity (Wildman–Crippen MR) is 232 cm³/mol. The molecule has 0 spiro atoms. The molecule has 0 fully saturated rings. The van der Waals surface area contributed by atoms with Crippen LogP contribution in [0.5, 0.6) is 0 Å². The zero-order valence-corrected chi connectivity index (χ0v) is 36.2. The van der Waals surface area contributed by atoms with Crippen LogP contribution in [0, 0.1) is 0 Å². The van der Waals surface area contributed by atoms with E-state index in [0.717, 1.165) is 57.8 Å². The molecule has 6 heteroatoms. The van der Waals surface area contributed by atoms with Crippen molar-refractivity contribution in [1.82, 2.24) is 5.32 Å². The van der Waals surface area contributed by atoms with Crippen LogP contribution in [0.3, 0.4) is 0 Å². The molecule has 0 saturated carbocycles. The van der Waals surface area contributed by atoms with Gasteiger partial charge in [-0.25, -0.2) is 0 Å². The highest BCUT2D eigenvalue weighted by Crippen LogP contribution is 2.16. The van der Waals surface area contributed by atoms with Gasteiger partial charge in [0.1, 0.15) is 0 Å². The van der Waals surface area contributed by atoms with Gasteiger partial charge in [-0.05, 0) is 51.4 Å². The first-order chi connectivity index (χ1) is 26.5. The van der Waals surface area contributed by atoms with Gasteiger partial charge in [0.25, 0.3) is 0 Å². The third kappa shape index (κ3) is 40.3. The highest BCUT2D eigenvalue weighted by Gasteiger charge is 2.20. The molecule has 2 atom stereocenters. The Hall–Kier alpha value is -1.40. The first kappa shape index (κ1) is 52.6. The van der Waals surface area contributed by atoms with E-state index in [-0.39, 0.29) is 18.5 Å². The maximum absolute atomic E-state index is 12.4. The number of rotatable bonds is 44. The molecule has 320 valence electrons. The number of esters is 1. The molecule has 0 aliphatic rings. The molecule has 0 aromatic rings. The van der Waals surface area contributed by atoms with Crippen LogP contribution in [0.4, 0.5) is 0 Å². The molecular weight excluding hydrogens is 671 g/mol. The first-order valence-corrected chi connectivity index (χ1v) is 23.9. The minimum atomic E-state index is -0.677. The van der Waals surface area contributed by atoms with Gasteiger partial charge < -0.3 is 20.3 Å². The number of carbonyl (C=O) groups excluding carboxylic acids is 2. The Morgan fingerprint density at radius 1 is 0.500 bits per heavy atom. The van der Waals surface area contributed by atoms with Gasteiger partial charge in [0.15, 0.2) is 0 Å². The lowest BCUT2D eigenvalue weighted by atomic mass is 10.0. The second-order valence-corrected chi connectivity index (χ2v) is 16.4. The van der Waals surface area contributed by atoms with E-state index in [1.807, 2.05) is 0 Å². The van der Waals surface area contributed by atoms with Crippen LogP contribution >= 0.6 is 0 Å². The van der Waals surface area contributed by atoms with Crippen molar-refractivity contribution in [2.75, 3.05) is 13.2 Å². The van der Waals surface area contributed by atoms with Gasteiger partial charge in [-0.1, -0.05) is 206 Å². The van der Waals surface area contributed by atoms with Crippen molar-refractivity contribution < 1.29 is 24.5 Å².